The summed E-state index contributed by atoms with van der Waals surface area (Å²) in [5.41, 5.74) is 0.214. The van der Waals surface area contributed by atoms with E-state index in [1.807, 2.05) is 0 Å². The number of rotatable bonds is 4. The van der Waals surface area contributed by atoms with Gasteiger partial charge in [-0.3, -0.25) is 4.39 Å². The SMILES string of the molecule is O=C(O)c1ccc(Br)cc1SCCF. The molecule has 0 radical (unpaired) electrons. The lowest BCUT2D eigenvalue weighted by atomic mass is 10.2. The third-order valence-electron chi connectivity index (χ3n) is 1.51. The van der Waals surface area contributed by atoms with Crippen LogP contribution in [0.15, 0.2) is 27.6 Å². The average Bonchev–Trinajstić information content (AvgIpc) is 2.14. The predicted molar refractivity (Wildman–Crippen MR) is 57.8 cm³/mol. The van der Waals surface area contributed by atoms with Gasteiger partial charge in [-0.15, -0.1) is 11.8 Å². The lowest BCUT2D eigenvalue weighted by molar-refractivity contribution is 0.0693. The Morgan fingerprint density at radius 1 is 1.57 bits per heavy atom. The van der Waals surface area contributed by atoms with Gasteiger partial charge >= 0.3 is 5.97 Å². The first-order chi connectivity index (χ1) is 6.65. The minimum absolute atomic E-state index is 0.214. The Bertz CT molecular complexity index is 344. The zero-order valence-corrected chi connectivity index (χ0v) is 9.57. The van der Waals surface area contributed by atoms with Crippen LogP contribution in [0.5, 0.6) is 0 Å². The van der Waals surface area contributed by atoms with Crippen LogP contribution in [-0.2, 0) is 0 Å². The Kier molecular flexibility index (Phi) is 4.41. The van der Waals surface area contributed by atoms with Crippen molar-refractivity contribution in [2.75, 3.05) is 12.4 Å². The zero-order valence-electron chi connectivity index (χ0n) is 7.17. The van der Waals surface area contributed by atoms with Crippen LogP contribution in [0.3, 0.4) is 0 Å². The first kappa shape index (κ1) is 11.5. The molecule has 1 rings (SSSR count). The molecule has 1 N–H and O–H groups in total. The van der Waals surface area contributed by atoms with Crippen LogP contribution in [0, 0.1) is 0 Å². The van der Waals surface area contributed by atoms with Gasteiger partial charge in [0.15, 0.2) is 0 Å². The van der Waals surface area contributed by atoms with Crippen LogP contribution in [0.4, 0.5) is 4.39 Å². The number of alkyl halides is 1. The first-order valence-electron chi connectivity index (χ1n) is 3.86. The molecule has 0 heterocycles. The molecular weight excluding hydrogens is 271 g/mol. The van der Waals surface area contributed by atoms with E-state index in [4.69, 9.17) is 5.11 Å². The molecule has 0 fully saturated rings. The second kappa shape index (κ2) is 5.36. The lowest BCUT2D eigenvalue weighted by Crippen LogP contribution is -1.99. The van der Waals surface area contributed by atoms with Gasteiger partial charge in [-0.25, -0.2) is 4.79 Å². The molecule has 1 aromatic carbocycles. The molecule has 0 aliphatic rings. The van der Waals surface area contributed by atoms with E-state index in [1.54, 1.807) is 12.1 Å². The summed E-state index contributed by atoms with van der Waals surface area (Å²) < 4.78 is 12.7. The number of carbonyl (C=O) groups is 1. The molecule has 14 heavy (non-hydrogen) atoms. The molecule has 76 valence electrons. The van der Waals surface area contributed by atoms with Gasteiger partial charge in [-0.05, 0) is 18.2 Å². The maximum Gasteiger partial charge on any atom is 0.336 e. The van der Waals surface area contributed by atoms with Gasteiger partial charge in [-0.2, -0.15) is 0 Å². The minimum Gasteiger partial charge on any atom is -0.478 e. The molecule has 1 aromatic rings. The third-order valence-corrected chi connectivity index (χ3v) is 3.01. The fourth-order valence-corrected chi connectivity index (χ4v) is 2.27. The van der Waals surface area contributed by atoms with Crippen LogP contribution in [-0.4, -0.2) is 23.5 Å². The number of benzene rings is 1. The second-order valence-electron chi connectivity index (χ2n) is 2.48. The summed E-state index contributed by atoms with van der Waals surface area (Å²) in [4.78, 5) is 11.4. The molecule has 5 heteroatoms. The standard InChI is InChI=1S/C9H8BrFO2S/c10-6-1-2-7(9(12)13)8(5-6)14-4-3-11/h1-2,5H,3-4H2,(H,12,13). The molecule has 0 saturated carbocycles. The summed E-state index contributed by atoms with van der Waals surface area (Å²) >= 11 is 4.44. The number of hydrogen-bond acceptors (Lipinski definition) is 2. The Hall–Kier alpha value is -0.550. The summed E-state index contributed by atoms with van der Waals surface area (Å²) in [7, 11) is 0. The molecular formula is C9H8BrFO2S. The number of aromatic carboxylic acids is 1. The van der Waals surface area contributed by atoms with Gasteiger partial charge in [0.05, 0.1) is 12.2 Å². The molecule has 0 bridgehead atoms. The summed E-state index contributed by atoms with van der Waals surface area (Å²) in [6.07, 6.45) is 0. The highest BCUT2D eigenvalue weighted by Crippen LogP contribution is 2.26. The molecule has 0 aromatic heterocycles. The fourth-order valence-electron chi connectivity index (χ4n) is 0.941. The van der Waals surface area contributed by atoms with Gasteiger partial charge in [0.1, 0.15) is 0 Å². The van der Waals surface area contributed by atoms with Crippen LogP contribution >= 0.6 is 27.7 Å². The van der Waals surface area contributed by atoms with Gasteiger partial charge in [0.2, 0.25) is 0 Å². The van der Waals surface area contributed by atoms with Gasteiger partial charge in [0.25, 0.3) is 0 Å². The van der Waals surface area contributed by atoms with Crippen molar-refractivity contribution in [3.63, 3.8) is 0 Å². The Balaban J connectivity index is 2.97. The summed E-state index contributed by atoms with van der Waals surface area (Å²) in [5, 5.41) is 8.83. The monoisotopic (exact) mass is 278 g/mol. The van der Waals surface area contributed by atoms with Crippen molar-refractivity contribution in [2.24, 2.45) is 0 Å². The highest BCUT2D eigenvalue weighted by Gasteiger charge is 2.10. The first-order valence-corrected chi connectivity index (χ1v) is 5.64. The molecule has 0 aliphatic carbocycles. The number of hydrogen-bond donors (Lipinski definition) is 1. The molecule has 2 nitrogen and oxygen atoms in total. The number of carboxylic acids is 1. The normalized spacial score (nSPS) is 10.1. The van der Waals surface area contributed by atoms with Crippen molar-refractivity contribution < 1.29 is 14.3 Å². The van der Waals surface area contributed by atoms with Crippen LogP contribution < -0.4 is 0 Å². The van der Waals surface area contributed by atoms with E-state index in [0.29, 0.717) is 4.90 Å². The van der Waals surface area contributed by atoms with E-state index in [2.05, 4.69) is 15.9 Å². The molecule has 0 amide bonds. The van der Waals surface area contributed by atoms with Crippen molar-refractivity contribution in [3.8, 4) is 0 Å². The minimum atomic E-state index is -0.987. The maximum atomic E-state index is 11.9. The molecule has 0 aliphatic heterocycles. The topological polar surface area (TPSA) is 37.3 Å². The smallest absolute Gasteiger partial charge is 0.336 e. The van der Waals surface area contributed by atoms with Crippen LogP contribution in [0.1, 0.15) is 10.4 Å². The summed E-state index contributed by atoms with van der Waals surface area (Å²) in [6.45, 7) is -0.462. The average molecular weight is 279 g/mol. The van der Waals surface area contributed by atoms with Crippen LogP contribution in [0.2, 0.25) is 0 Å². The predicted octanol–water partition coefficient (Wildman–Crippen LogP) is 3.21. The van der Waals surface area contributed by atoms with E-state index < -0.39 is 12.6 Å². The summed E-state index contributed by atoms with van der Waals surface area (Å²) in [5.74, 6) is -0.713. The molecule has 0 atom stereocenters. The Morgan fingerprint density at radius 3 is 2.86 bits per heavy atom. The molecule has 0 unspecified atom stereocenters. The third kappa shape index (κ3) is 2.99. The van der Waals surface area contributed by atoms with Crippen molar-refractivity contribution >= 4 is 33.7 Å². The van der Waals surface area contributed by atoms with Crippen molar-refractivity contribution in [1.29, 1.82) is 0 Å². The van der Waals surface area contributed by atoms with E-state index in [0.717, 1.165) is 4.47 Å². The van der Waals surface area contributed by atoms with Crippen molar-refractivity contribution in [2.45, 2.75) is 4.90 Å². The largest absolute Gasteiger partial charge is 0.478 e. The quantitative estimate of drug-likeness (QED) is 0.860. The highest BCUT2D eigenvalue weighted by molar-refractivity contribution is 9.10. The lowest BCUT2D eigenvalue weighted by Gasteiger charge is -2.04. The Morgan fingerprint density at radius 2 is 2.29 bits per heavy atom. The van der Waals surface area contributed by atoms with Gasteiger partial charge in [0, 0.05) is 15.1 Å². The van der Waals surface area contributed by atoms with E-state index in [1.165, 1.54) is 17.8 Å². The van der Waals surface area contributed by atoms with E-state index in [9.17, 15) is 9.18 Å². The number of halogens is 2. The Labute approximate surface area is 93.6 Å². The fraction of sp³-hybridized carbons (Fsp3) is 0.222. The molecule has 0 spiro atoms. The van der Waals surface area contributed by atoms with Crippen LogP contribution in [0.25, 0.3) is 0 Å². The van der Waals surface area contributed by atoms with Gasteiger partial charge in [-0.1, -0.05) is 15.9 Å². The summed E-state index contributed by atoms with van der Waals surface area (Å²) in [6, 6.07) is 4.85. The molecule has 0 saturated heterocycles. The van der Waals surface area contributed by atoms with Crippen molar-refractivity contribution in [3.05, 3.63) is 28.2 Å². The highest BCUT2D eigenvalue weighted by atomic mass is 79.9. The van der Waals surface area contributed by atoms with Gasteiger partial charge < -0.3 is 5.11 Å². The van der Waals surface area contributed by atoms with E-state index in [-0.39, 0.29) is 11.3 Å². The zero-order chi connectivity index (χ0) is 10.6. The number of thioether (sulfide) groups is 1. The second-order valence-corrected chi connectivity index (χ2v) is 4.54. The van der Waals surface area contributed by atoms with E-state index >= 15 is 0 Å². The van der Waals surface area contributed by atoms with Crippen molar-refractivity contribution in [1.82, 2.24) is 0 Å². The number of carboxylic acid groups (broad SMARTS) is 1. The maximum absolute atomic E-state index is 11.9.